The first-order valence-electron chi connectivity index (χ1n) is 7.67. The second-order valence-corrected chi connectivity index (χ2v) is 5.90. The van der Waals surface area contributed by atoms with E-state index in [0.717, 1.165) is 19.4 Å². The summed E-state index contributed by atoms with van der Waals surface area (Å²) in [5.41, 5.74) is 0.658. The predicted molar refractivity (Wildman–Crippen MR) is 89.4 cm³/mol. The lowest BCUT2D eigenvalue weighted by atomic mass is 10.1. The number of halogens is 1. The highest BCUT2D eigenvalue weighted by atomic mass is 35.5. The van der Waals surface area contributed by atoms with Crippen LogP contribution in [0.15, 0.2) is 41.0 Å². The van der Waals surface area contributed by atoms with Crippen molar-refractivity contribution in [1.82, 2.24) is 5.32 Å². The van der Waals surface area contributed by atoms with Crippen molar-refractivity contribution in [3.05, 3.63) is 52.9 Å². The third kappa shape index (κ3) is 3.96. The van der Waals surface area contributed by atoms with Gasteiger partial charge >= 0.3 is 0 Å². The number of carbonyl (C=O) groups is 2. The van der Waals surface area contributed by atoms with Gasteiger partial charge in [0, 0.05) is 18.2 Å². The third-order valence-electron chi connectivity index (χ3n) is 3.73. The van der Waals surface area contributed by atoms with Crippen molar-refractivity contribution in [2.45, 2.75) is 18.9 Å². The second kappa shape index (κ2) is 7.51. The Hall–Kier alpha value is -2.31. The molecule has 1 atom stereocenters. The monoisotopic (exact) mass is 348 g/mol. The molecule has 2 aromatic rings. The number of nitrogens with one attached hydrogen (secondary N) is 2. The van der Waals surface area contributed by atoms with Crippen LogP contribution in [0.5, 0.6) is 0 Å². The number of carbonyl (C=O) groups excluding carboxylic acids is 2. The van der Waals surface area contributed by atoms with Crippen LogP contribution >= 0.6 is 11.6 Å². The van der Waals surface area contributed by atoms with Crippen molar-refractivity contribution in [3.63, 3.8) is 0 Å². The molecule has 1 aliphatic rings. The standard InChI is InChI=1S/C17H17ClN2O4/c18-11-5-6-14(20-17(22)15-4-2-8-24-15)13(9-11)16(21)19-10-12-3-1-7-23-12/h2,4-6,8-9,12H,1,3,7,10H2,(H,19,21)(H,20,22)/t12-/m0/s1. The number of rotatable bonds is 5. The normalized spacial score (nSPS) is 16.8. The summed E-state index contributed by atoms with van der Waals surface area (Å²) in [6, 6.07) is 7.87. The van der Waals surface area contributed by atoms with Gasteiger partial charge in [-0.2, -0.15) is 0 Å². The second-order valence-electron chi connectivity index (χ2n) is 5.47. The number of anilines is 1. The minimum absolute atomic E-state index is 0.0364. The first kappa shape index (κ1) is 16.5. The molecule has 3 rings (SSSR count). The number of furan rings is 1. The lowest BCUT2D eigenvalue weighted by Crippen LogP contribution is -2.32. The number of benzene rings is 1. The maximum absolute atomic E-state index is 12.4. The van der Waals surface area contributed by atoms with Crippen molar-refractivity contribution in [2.75, 3.05) is 18.5 Å². The zero-order chi connectivity index (χ0) is 16.9. The Labute approximate surface area is 144 Å². The molecule has 2 N–H and O–H groups in total. The van der Waals surface area contributed by atoms with Crippen molar-refractivity contribution in [2.24, 2.45) is 0 Å². The SMILES string of the molecule is O=C(Nc1ccc(Cl)cc1C(=O)NC[C@@H]1CCCO1)c1ccco1. The summed E-state index contributed by atoms with van der Waals surface area (Å²) in [4.78, 5) is 24.6. The fraction of sp³-hybridized carbons (Fsp3) is 0.294. The Morgan fingerprint density at radius 3 is 2.83 bits per heavy atom. The van der Waals surface area contributed by atoms with E-state index in [1.54, 1.807) is 24.3 Å². The number of hydrogen-bond acceptors (Lipinski definition) is 4. The third-order valence-corrected chi connectivity index (χ3v) is 3.97. The van der Waals surface area contributed by atoms with E-state index in [1.165, 1.54) is 12.3 Å². The molecule has 7 heteroatoms. The molecule has 1 aromatic carbocycles. The summed E-state index contributed by atoms with van der Waals surface area (Å²) < 4.78 is 10.5. The Morgan fingerprint density at radius 2 is 2.12 bits per heavy atom. The number of amides is 2. The smallest absolute Gasteiger partial charge is 0.291 e. The van der Waals surface area contributed by atoms with Gasteiger partial charge in [0.2, 0.25) is 0 Å². The van der Waals surface area contributed by atoms with Crippen LogP contribution in [0.1, 0.15) is 33.8 Å². The van der Waals surface area contributed by atoms with Crippen LogP contribution in [0.25, 0.3) is 0 Å². The first-order valence-corrected chi connectivity index (χ1v) is 8.05. The quantitative estimate of drug-likeness (QED) is 0.870. The summed E-state index contributed by atoms with van der Waals surface area (Å²) in [6.07, 6.45) is 3.38. The van der Waals surface area contributed by atoms with E-state index >= 15 is 0 Å². The number of hydrogen-bond donors (Lipinski definition) is 2. The van der Waals surface area contributed by atoms with E-state index in [2.05, 4.69) is 10.6 Å². The van der Waals surface area contributed by atoms with Crippen molar-refractivity contribution in [3.8, 4) is 0 Å². The molecule has 0 unspecified atom stereocenters. The van der Waals surface area contributed by atoms with Gasteiger partial charge in [-0.05, 0) is 43.2 Å². The van der Waals surface area contributed by atoms with E-state index in [-0.39, 0.29) is 17.8 Å². The van der Waals surface area contributed by atoms with E-state index in [9.17, 15) is 9.59 Å². The molecule has 2 heterocycles. The van der Waals surface area contributed by atoms with Gasteiger partial charge in [-0.3, -0.25) is 9.59 Å². The van der Waals surface area contributed by atoms with E-state index in [4.69, 9.17) is 20.8 Å². The van der Waals surface area contributed by atoms with Gasteiger partial charge < -0.3 is 19.8 Å². The highest BCUT2D eigenvalue weighted by molar-refractivity contribution is 6.31. The summed E-state index contributed by atoms with van der Waals surface area (Å²) in [7, 11) is 0. The highest BCUT2D eigenvalue weighted by Crippen LogP contribution is 2.22. The van der Waals surface area contributed by atoms with Crippen LogP contribution in [0.4, 0.5) is 5.69 Å². The lowest BCUT2D eigenvalue weighted by molar-refractivity contribution is 0.0858. The molecule has 0 bridgehead atoms. The Morgan fingerprint density at radius 1 is 1.25 bits per heavy atom. The van der Waals surface area contributed by atoms with Gasteiger partial charge in [0.1, 0.15) is 0 Å². The predicted octanol–water partition coefficient (Wildman–Crippen LogP) is 3.09. The molecule has 0 aliphatic carbocycles. The molecule has 1 aromatic heterocycles. The Bertz CT molecular complexity index is 724. The summed E-state index contributed by atoms with van der Waals surface area (Å²) in [5, 5.41) is 5.90. The van der Waals surface area contributed by atoms with Crippen LogP contribution < -0.4 is 10.6 Å². The first-order chi connectivity index (χ1) is 11.6. The van der Waals surface area contributed by atoms with E-state index in [1.807, 2.05) is 0 Å². The molecule has 0 spiro atoms. The molecule has 1 fully saturated rings. The fourth-order valence-corrected chi connectivity index (χ4v) is 2.68. The van der Waals surface area contributed by atoms with Crippen molar-refractivity contribution in [1.29, 1.82) is 0 Å². The van der Waals surface area contributed by atoms with Gasteiger partial charge in [-0.1, -0.05) is 11.6 Å². The maximum Gasteiger partial charge on any atom is 0.291 e. The minimum Gasteiger partial charge on any atom is -0.459 e. The lowest BCUT2D eigenvalue weighted by Gasteiger charge is -2.14. The minimum atomic E-state index is -0.435. The average Bonchev–Trinajstić information content (AvgIpc) is 3.27. The molecule has 0 saturated carbocycles. The molecule has 6 nitrogen and oxygen atoms in total. The highest BCUT2D eigenvalue weighted by Gasteiger charge is 2.19. The summed E-state index contributed by atoms with van der Waals surface area (Å²) in [5.74, 6) is -0.589. The van der Waals surface area contributed by atoms with E-state index < -0.39 is 5.91 Å². The fourth-order valence-electron chi connectivity index (χ4n) is 2.51. The molecule has 126 valence electrons. The summed E-state index contributed by atoms with van der Waals surface area (Å²) in [6.45, 7) is 1.15. The molecule has 1 aliphatic heterocycles. The van der Waals surface area contributed by atoms with Gasteiger partial charge in [-0.25, -0.2) is 0 Å². The zero-order valence-electron chi connectivity index (χ0n) is 12.9. The van der Waals surface area contributed by atoms with E-state index in [0.29, 0.717) is 22.8 Å². The van der Waals surface area contributed by atoms with Gasteiger partial charge in [-0.15, -0.1) is 0 Å². The topological polar surface area (TPSA) is 80.6 Å². The van der Waals surface area contributed by atoms with Crippen LogP contribution in [-0.2, 0) is 4.74 Å². The van der Waals surface area contributed by atoms with Crippen LogP contribution in [0.3, 0.4) is 0 Å². The summed E-state index contributed by atoms with van der Waals surface area (Å²) >= 11 is 5.99. The van der Waals surface area contributed by atoms with Crippen LogP contribution in [0, 0.1) is 0 Å². The zero-order valence-corrected chi connectivity index (χ0v) is 13.6. The van der Waals surface area contributed by atoms with Gasteiger partial charge in [0.25, 0.3) is 11.8 Å². The van der Waals surface area contributed by atoms with Crippen molar-refractivity contribution < 1.29 is 18.7 Å². The van der Waals surface area contributed by atoms with Crippen LogP contribution in [-0.4, -0.2) is 31.1 Å². The molecular weight excluding hydrogens is 332 g/mol. The molecule has 1 saturated heterocycles. The van der Waals surface area contributed by atoms with Gasteiger partial charge in [0.15, 0.2) is 5.76 Å². The maximum atomic E-state index is 12.4. The Kier molecular flexibility index (Phi) is 5.17. The molecule has 0 radical (unpaired) electrons. The molecule has 24 heavy (non-hydrogen) atoms. The van der Waals surface area contributed by atoms with Crippen LogP contribution in [0.2, 0.25) is 5.02 Å². The largest absolute Gasteiger partial charge is 0.459 e. The van der Waals surface area contributed by atoms with Gasteiger partial charge in [0.05, 0.1) is 23.6 Å². The Balaban J connectivity index is 1.72. The molecular formula is C17H17ClN2O4. The number of ether oxygens (including phenoxy) is 1. The average molecular weight is 349 g/mol. The van der Waals surface area contributed by atoms with Crippen molar-refractivity contribution >= 4 is 29.1 Å². The molecule has 2 amide bonds.